The third kappa shape index (κ3) is 4.48. The van der Waals surface area contributed by atoms with Crippen molar-refractivity contribution in [2.24, 2.45) is 0 Å². The summed E-state index contributed by atoms with van der Waals surface area (Å²) in [4.78, 5) is 28.5. The summed E-state index contributed by atoms with van der Waals surface area (Å²) in [5.74, 6) is 0.515. The van der Waals surface area contributed by atoms with E-state index < -0.39 is 0 Å². The summed E-state index contributed by atoms with van der Waals surface area (Å²) in [6.45, 7) is 4.93. The van der Waals surface area contributed by atoms with Crippen LogP contribution in [0.2, 0.25) is 0 Å². The summed E-state index contributed by atoms with van der Waals surface area (Å²) in [6.07, 6.45) is 4.22. The van der Waals surface area contributed by atoms with E-state index >= 15 is 0 Å². The van der Waals surface area contributed by atoms with Crippen molar-refractivity contribution in [1.29, 1.82) is 0 Å². The predicted octanol–water partition coefficient (Wildman–Crippen LogP) is 2.75. The number of fused-ring (bicyclic) bond motifs is 3. The van der Waals surface area contributed by atoms with E-state index in [1.807, 2.05) is 12.1 Å². The van der Waals surface area contributed by atoms with Gasteiger partial charge < -0.3 is 9.47 Å². The van der Waals surface area contributed by atoms with E-state index in [0.717, 1.165) is 36.5 Å². The molecule has 3 atom stereocenters. The molecule has 178 valence electrons. The molecule has 7 heteroatoms. The molecule has 2 bridgehead atoms. The normalized spacial score (nSPS) is 27.0. The van der Waals surface area contributed by atoms with E-state index in [4.69, 9.17) is 9.47 Å². The van der Waals surface area contributed by atoms with E-state index in [2.05, 4.69) is 45.4 Å². The van der Waals surface area contributed by atoms with Gasteiger partial charge in [-0.25, -0.2) is 0 Å². The van der Waals surface area contributed by atoms with Crippen LogP contribution in [-0.2, 0) is 40.6 Å². The number of carbonyl (C=O) groups excluding carboxylic acids is 2. The molecule has 7 nitrogen and oxygen atoms in total. The number of morpholine rings is 1. The molecular weight excluding hydrogens is 430 g/mol. The van der Waals surface area contributed by atoms with Gasteiger partial charge in [-0.05, 0) is 42.0 Å². The standard InChI is InChI=1S/C27H31N3O4/c31-26-11-10-24(27(32)28-26)30-13-20-2-1-3-25(23(20)16-30)33-17-19-6-4-18(5-7-19)12-29-14-21-8-9-22(15-29)34-21/h1-7,21-22,24H,8-17H2,(H,28,31,32). The third-order valence-corrected chi connectivity index (χ3v) is 7.56. The smallest absolute Gasteiger partial charge is 0.243 e. The van der Waals surface area contributed by atoms with Crippen molar-refractivity contribution in [2.45, 2.75) is 70.2 Å². The fraction of sp³-hybridized carbons (Fsp3) is 0.481. The van der Waals surface area contributed by atoms with Crippen LogP contribution in [0, 0.1) is 0 Å². The first-order chi connectivity index (χ1) is 16.6. The fourth-order valence-corrected chi connectivity index (χ4v) is 5.79. The molecular formula is C27H31N3O4. The minimum Gasteiger partial charge on any atom is -0.489 e. The number of carbonyl (C=O) groups is 2. The maximum Gasteiger partial charge on any atom is 0.243 e. The van der Waals surface area contributed by atoms with Crippen molar-refractivity contribution in [1.82, 2.24) is 15.1 Å². The maximum atomic E-state index is 12.3. The van der Waals surface area contributed by atoms with E-state index in [-0.39, 0.29) is 17.9 Å². The van der Waals surface area contributed by atoms with E-state index in [1.54, 1.807) is 0 Å². The second-order valence-electron chi connectivity index (χ2n) is 10.0. The molecule has 0 radical (unpaired) electrons. The van der Waals surface area contributed by atoms with Gasteiger partial charge in [-0.3, -0.25) is 24.7 Å². The Bertz CT molecular complexity index is 1070. The number of likely N-dealkylation sites (tertiary alicyclic amines) is 1. The number of piperidine rings is 1. The average Bonchev–Trinajstić information content (AvgIpc) is 3.41. The second kappa shape index (κ2) is 9.13. The fourth-order valence-electron chi connectivity index (χ4n) is 5.79. The highest BCUT2D eigenvalue weighted by Gasteiger charge is 2.36. The van der Waals surface area contributed by atoms with Crippen molar-refractivity contribution < 1.29 is 19.1 Å². The Morgan fingerprint density at radius 3 is 2.47 bits per heavy atom. The number of ether oxygens (including phenoxy) is 2. The quantitative estimate of drug-likeness (QED) is 0.667. The molecule has 0 aliphatic carbocycles. The van der Waals surface area contributed by atoms with Crippen LogP contribution in [0.15, 0.2) is 42.5 Å². The zero-order valence-corrected chi connectivity index (χ0v) is 19.4. The lowest BCUT2D eigenvalue weighted by Gasteiger charge is -2.32. The Morgan fingerprint density at radius 1 is 0.941 bits per heavy atom. The van der Waals surface area contributed by atoms with Gasteiger partial charge in [0.2, 0.25) is 11.8 Å². The summed E-state index contributed by atoms with van der Waals surface area (Å²) < 4.78 is 12.2. The molecule has 2 amide bonds. The Kier molecular flexibility index (Phi) is 5.85. The minimum absolute atomic E-state index is 0.176. The van der Waals surface area contributed by atoms with Crippen LogP contribution >= 0.6 is 0 Å². The van der Waals surface area contributed by atoms with Gasteiger partial charge in [0, 0.05) is 44.7 Å². The Morgan fingerprint density at radius 2 is 1.71 bits per heavy atom. The van der Waals surface area contributed by atoms with Gasteiger partial charge in [-0.15, -0.1) is 0 Å². The van der Waals surface area contributed by atoms with Gasteiger partial charge in [0.15, 0.2) is 0 Å². The highest BCUT2D eigenvalue weighted by Crippen LogP contribution is 2.34. The van der Waals surface area contributed by atoms with Gasteiger partial charge in [-0.2, -0.15) is 0 Å². The van der Waals surface area contributed by atoms with Gasteiger partial charge >= 0.3 is 0 Å². The molecule has 4 aliphatic rings. The number of rotatable bonds is 6. The SMILES string of the molecule is O=C1CCC(N2Cc3cccc(OCc4ccc(CN5CC6CCC(C5)O6)cc4)c3C2)C(=O)N1. The zero-order chi connectivity index (χ0) is 23.1. The van der Waals surface area contributed by atoms with E-state index in [0.29, 0.717) is 44.7 Å². The highest BCUT2D eigenvalue weighted by atomic mass is 16.5. The van der Waals surface area contributed by atoms with Crippen LogP contribution in [0.3, 0.4) is 0 Å². The summed E-state index contributed by atoms with van der Waals surface area (Å²) in [6, 6.07) is 14.6. The van der Waals surface area contributed by atoms with E-state index in [9.17, 15) is 9.59 Å². The van der Waals surface area contributed by atoms with Crippen molar-refractivity contribution in [3.8, 4) is 5.75 Å². The molecule has 34 heavy (non-hydrogen) atoms. The van der Waals surface area contributed by atoms with Crippen LogP contribution in [0.5, 0.6) is 5.75 Å². The monoisotopic (exact) mass is 461 g/mol. The Balaban J connectivity index is 1.06. The second-order valence-corrected chi connectivity index (χ2v) is 10.0. The first-order valence-corrected chi connectivity index (χ1v) is 12.4. The topological polar surface area (TPSA) is 71.1 Å². The van der Waals surface area contributed by atoms with Crippen LogP contribution in [-0.4, -0.2) is 53.0 Å². The van der Waals surface area contributed by atoms with Crippen LogP contribution in [0.1, 0.15) is 47.9 Å². The van der Waals surface area contributed by atoms with Crippen LogP contribution < -0.4 is 10.1 Å². The minimum atomic E-state index is -0.257. The predicted molar refractivity (Wildman–Crippen MR) is 126 cm³/mol. The van der Waals surface area contributed by atoms with E-state index in [1.165, 1.54) is 24.0 Å². The van der Waals surface area contributed by atoms with Crippen molar-refractivity contribution in [3.63, 3.8) is 0 Å². The number of imide groups is 1. The molecule has 3 saturated heterocycles. The molecule has 2 aromatic rings. The highest BCUT2D eigenvalue weighted by molar-refractivity contribution is 6.00. The number of benzene rings is 2. The number of hydrogen-bond donors (Lipinski definition) is 1. The summed E-state index contributed by atoms with van der Waals surface area (Å²) >= 11 is 0. The Hall–Kier alpha value is -2.74. The molecule has 4 aliphatic heterocycles. The van der Waals surface area contributed by atoms with Crippen molar-refractivity contribution in [3.05, 3.63) is 64.7 Å². The lowest BCUT2D eigenvalue weighted by Crippen LogP contribution is -2.50. The summed E-state index contributed by atoms with van der Waals surface area (Å²) in [7, 11) is 0. The number of nitrogens with zero attached hydrogens (tertiary/aromatic N) is 2. The lowest BCUT2D eigenvalue weighted by molar-refractivity contribution is -0.137. The summed E-state index contributed by atoms with van der Waals surface area (Å²) in [5, 5.41) is 2.47. The first-order valence-electron chi connectivity index (χ1n) is 12.4. The number of amides is 2. The molecule has 0 saturated carbocycles. The molecule has 1 N–H and O–H groups in total. The summed E-state index contributed by atoms with van der Waals surface area (Å²) in [5.41, 5.74) is 4.80. The first kappa shape index (κ1) is 21.8. The van der Waals surface area contributed by atoms with Crippen molar-refractivity contribution >= 4 is 11.8 Å². The largest absolute Gasteiger partial charge is 0.489 e. The van der Waals surface area contributed by atoms with Gasteiger partial charge in [0.1, 0.15) is 12.4 Å². The molecule has 4 heterocycles. The molecule has 3 fully saturated rings. The lowest BCUT2D eigenvalue weighted by atomic mass is 10.0. The van der Waals surface area contributed by atoms with Crippen molar-refractivity contribution in [2.75, 3.05) is 13.1 Å². The van der Waals surface area contributed by atoms with Crippen LogP contribution in [0.25, 0.3) is 0 Å². The third-order valence-electron chi connectivity index (χ3n) is 7.56. The molecule has 6 rings (SSSR count). The molecule has 3 unspecified atom stereocenters. The number of nitrogens with one attached hydrogen (secondary N) is 1. The van der Waals surface area contributed by atoms with Crippen LogP contribution in [0.4, 0.5) is 0 Å². The Labute approximate surface area is 200 Å². The van der Waals surface area contributed by atoms with Gasteiger partial charge in [0.25, 0.3) is 0 Å². The van der Waals surface area contributed by atoms with Gasteiger partial charge in [0.05, 0.1) is 18.2 Å². The molecule has 0 aromatic heterocycles. The maximum absolute atomic E-state index is 12.3. The van der Waals surface area contributed by atoms with Gasteiger partial charge in [-0.1, -0.05) is 36.4 Å². The number of hydrogen-bond acceptors (Lipinski definition) is 6. The average molecular weight is 462 g/mol. The zero-order valence-electron chi connectivity index (χ0n) is 19.4. The molecule has 2 aromatic carbocycles. The molecule has 0 spiro atoms.